The minimum atomic E-state index is 0.0427. The monoisotopic (exact) mass is 249 g/mol. The fourth-order valence-corrected chi connectivity index (χ4v) is 2.74. The molecule has 18 heavy (non-hydrogen) atoms. The highest BCUT2D eigenvalue weighted by Gasteiger charge is 2.21. The van der Waals surface area contributed by atoms with Crippen molar-refractivity contribution in [2.75, 3.05) is 33.9 Å². The summed E-state index contributed by atoms with van der Waals surface area (Å²) >= 11 is 0. The van der Waals surface area contributed by atoms with Crippen molar-refractivity contribution in [2.45, 2.75) is 24.9 Å². The minimum absolute atomic E-state index is 0.0427. The maximum Gasteiger partial charge on any atom is 0.106 e. The molecule has 1 aliphatic heterocycles. The lowest BCUT2D eigenvalue weighted by atomic mass is 9.85. The van der Waals surface area contributed by atoms with Gasteiger partial charge in [0.05, 0.1) is 6.61 Å². The van der Waals surface area contributed by atoms with Gasteiger partial charge in [0, 0.05) is 14.2 Å². The summed E-state index contributed by atoms with van der Waals surface area (Å²) in [5.41, 5.74) is 2.72. The van der Waals surface area contributed by atoms with E-state index in [0.717, 1.165) is 13.1 Å². The fourth-order valence-electron chi connectivity index (χ4n) is 2.74. The van der Waals surface area contributed by atoms with Gasteiger partial charge >= 0.3 is 0 Å². The van der Waals surface area contributed by atoms with Crippen LogP contribution in [-0.4, -0.2) is 33.9 Å². The van der Waals surface area contributed by atoms with Crippen molar-refractivity contribution in [1.82, 2.24) is 5.32 Å². The molecule has 1 aliphatic rings. The minimum Gasteiger partial charge on any atom is -0.382 e. The summed E-state index contributed by atoms with van der Waals surface area (Å²) in [4.78, 5) is 0. The van der Waals surface area contributed by atoms with E-state index in [1.54, 1.807) is 14.2 Å². The molecule has 1 unspecified atom stereocenters. The molecule has 1 N–H and O–H groups in total. The molecule has 0 saturated carbocycles. The Morgan fingerprint density at radius 1 is 1.22 bits per heavy atom. The number of rotatable bonds is 5. The van der Waals surface area contributed by atoms with Crippen molar-refractivity contribution in [3.63, 3.8) is 0 Å². The predicted octanol–water partition coefficient (Wildman–Crippen LogP) is 2.49. The summed E-state index contributed by atoms with van der Waals surface area (Å²) in [7, 11) is 3.47. The highest BCUT2D eigenvalue weighted by molar-refractivity contribution is 5.33. The third kappa shape index (κ3) is 3.10. The summed E-state index contributed by atoms with van der Waals surface area (Å²) in [6.07, 6.45) is 2.46. The molecule has 0 aromatic heterocycles. The molecule has 1 saturated heterocycles. The summed E-state index contributed by atoms with van der Waals surface area (Å²) in [6, 6.07) is 8.62. The average Bonchev–Trinajstić information content (AvgIpc) is 2.46. The largest absolute Gasteiger partial charge is 0.382 e. The van der Waals surface area contributed by atoms with Gasteiger partial charge in [-0.15, -0.1) is 0 Å². The highest BCUT2D eigenvalue weighted by Crippen LogP contribution is 2.32. The molecule has 2 rings (SSSR count). The molecular weight excluding hydrogens is 226 g/mol. The first-order valence-corrected chi connectivity index (χ1v) is 6.68. The van der Waals surface area contributed by atoms with E-state index in [1.807, 2.05) is 0 Å². The maximum absolute atomic E-state index is 5.57. The SMILES string of the molecule is COCC(OC)c1ccccc1C1CCNCC1. The number of benzene rings is 1. The van der Waals surface area contributed by atoms with Gasteiger partial charge in [0.1, 0.15) is 6.10 Å². The van der Waals surface area contributed by atoms with Gasteiger partial charge in [-0.3, -0.25) is 0 Å². The third-order valence-electron chi connectivity index (χ3n) is 3.72. The number of ether oxygens (including phenoxy) is 2. The first kappa shape index (κ1) is 13.5. The Kier molecular flexibility index (Phi) is 5.17. The number of methoxy groups -OCH3 is 2. The zero-order chi connectivity index (χ0) is 12.8. The van der Waals surface area contributed by atoms with Crippen LogP contribution in [0.2, 0.25) is 0 Å². The van der Waals surface area contributed by atoms with Gasteiger partial charge in [0.15, 0.2) is 0 Å². The summed E-state index contributed by atoms with van der Waals surface area (Å²) in [6.45, 7) is 2.83. The van der Waals surface area contributed by atoms with E-state index < -0.39 is 0 Å². The molecule has 1 atom stereocenters. The van der Waals surface area contributed by atoms with E-state index >= 15 is 0 Å². The summed E-state index contributed by atoms with van der Waals surface area (Å²) in [5, 5.41) is 3.42. The molecule has 1 aromatic rings. The Balaban J connectivity index is 2.23. The molecule has 0 radical (unpaired) electrons. The van der Waals surface area contributed by atoms with Crippen LogP contribution < -0.4 is 5.32 Å². The van der Waals surface area contributed by atoms with Crippen molar-refractivity contribution >= 4 is 0 Å². The number of hydrogen-bond donors (Lipinski definition) is 1. The number of nitrogens with one attached hydrogen (secondary N) is 1. The molecule has 0 spiro atoms. The number of hydrogen-bond acceptors (Lipinski definition) is 3. The Morgan fingerprint density at radius 2 is 1.94 bits per heavy atom. The maximum atomic E-state index is 5.57. The zero-order valence-electron chi connectivity index (χ0n) is 11.3. The predicted molar refractivity (Wildman–Crippen MR) is 72.9 cm³/mol. The van der Waals surface area contributed by atoms with E-state index in [9.17, 15) is 0 Å². The second-order valence-corrected chi connectivity index (χ2v) is 4.83. The lowest BCUT2D eigenvalue weighted by Gasteiger charge is -2.27. The smallest absolute Gasteiger partial charge is 0.106 e. The molecule has 100 valence electrons. The van der Waals surface area contributed by atoms with Crippen LogP contribution in [0.15, 0.2) is 24.3 Å². The van der Waals surface area contributed by atoms with Gasteiger partial charge in [-0.25, -0.2) is 0 Å². The third-order valence-corrected chi connectivity index (χ3v) is 3.72. The summed E-state index contributed by atoms with van der Waals surface area (Å²) < 4.78 is 10.8. The van der Waals surface area contributed by atoms with Crippen LogP contribution in [0, 0.1) is 0 Å². The molecule has 0 bridgehead atoms. The first-order chi connectivity index (χ1) is 8.86. The quantitative estimate of drug-likeness (QED) is 0.869. The van der Waals surface area contributed by atoms with Gasteiger partial charge < -0.3 is 14.8 Å². The topological polar surface area (TPSA) is 30.5 Å². The van der Waals surface area contributed by atoms with Gasteiger partial charge in [-0.2, -0.15) is 0 Å². The highest BCUT2D eigenvalue weighted by atomic mass is 16.5. The molecular formula is C15H23NO2. The van der Waals surface area contributed by atoms with E-state index in [2.05, 4.69) is 29.6 Å². The van der Waals surface area contributed by atoms with E-state index in [4.69, 9.17) is 9.47 Å². The van der Waals surface area contributed by atoms with E-state index in [0.29, 0.717) is 12.5 Å². The Morgan fingerprint density at radius 3 is 2.61 bits per heavy atom. The second-order valence-electron chi connectivity index (χ2n) is 4.83. The standard InChI is InChI=1S/C15H23NO2/c1-17-11-15(18-2)14-6-4-3-5-13(14)12-7-9-16-10-8-12/h3-6,12,15-16H,7-11H2,1-2H3. The van der Waals surface area contributed by atoms with Crippen LogP contribution in [-0.2, 0) is 9.47 Å². The Bertz CT molecular complexity index is 338. The molecule has 1 heterocycles. The van der Waals surface area contributed by atoms with Crippen molar-refractivity contribution in [3.05, 3.63) is 35.4 Å². The molecule has 1 aromatic carbocycles. The van der Waals surface area contributed by atoms with Crippen molar-refractivity contribution in [2.24, 2.45) is 0 Å². The van der Waals surface area contributed by atoms with Gasteiger partial charge in [-0.05, 0) is 43.0 Å². The van der Waals surface area contributed by atoms with Gasteiger partial charge in [0.2, 0.25) is 0 Å². The molecule has 3 heteroatoms. The molecule has 1 fully saturated rings. The lowest BCUT2D eigenvalue weighted by molar-refractivity contribution is 0.0267. The fraction of sp³-hybridized carbons (Fsp3) is 0.600. The molecule has 3 nitrogen and oxygen atoms in total. The summed E-state index contributed by atoms with van der Waals surface area (Å²) in [5.74, 6) is 0.650. The zero-order valence-corrected chi connectivity index (χ0v) is 11.3. The van der Waals surface area contributed by atoms with Crippen molar-refractivity contribution in [1.29, 1.82) is 0 Å². The Hall–Kier alpha value is -0.900. The van der Waals surface area contributed by atoms with Crippen LogP contribution in [0.3, 0.4) is 0 Å². The molecule has 0 aliphatic carbocycles. The second kappa shape index (κ2) is 6.88. The first-order valence-electron chi connectivity index (χ1n) is 6.68. The van der Waals surface area contributed by atoms with Crippen LogP contribution in [0.4, 0.5) is 0 Å². The molecule has 0 amide bonds. The van der Waals surface area contributed by atoms with Crippen LogP contribution in [0.25, 0.3) is 0 Å². The van der Waals surface area contributed by atoms with Crippen molar-refractivity contribution in [3.8, 4) is 0 Å². The van der Waals surface area contributed by atoms with Gasteiger partial charge in [0.25, 0.3) is 0 Å². The number of piperidine rings is 1. The van der Waals surface area contributed by atoms with Crippen molar-refractivity contribution < 1.29 is 9.47 Å². The lowest BCUT2D eigenvalue weighted by Crippen LogP contribution is -2.27. The van der Waals surface area contributed by atoms with E-state index in [-0.39, 0.29) is 6.10 Å². The van der Waals surface area contributed by atoms with Gasteiger partial charge in [-0.1, -0.05) is 24.3 Å². The van der Waals surface area contributed by atoms with Crippen LogP contribution in [0.1, 0.15) is 36.0 Å². The van der Waals surface area contributed by atoms with Crippen LogP contribution >= 0.6 is 0 Å². The van der Waals surface area contributed by atoms with E-state index in [1.165, 1.54) is 24.0 Å². The average molecular weight is 249 g/mol. The van der Waals surface area contributed by atoms with Crippen LogP contribution in [0.5, 0.6) is 0 Å². The Labute approximate surface area is 109 Å². The normalized spacial score (nSPS) is 18.8.